The van der Waals surface area contributed by atoms with Gasteiger partial charge in [0.2, 0.25) is 0 Å². The van der Waals surface area contributed by atoms with Crippen LogP contribution < -0.4 is 9.47 Å². The Balaban J connectivity index is 1.52. The van der Waals surface area contributed by atoms with E-state index < -0.39 is 17.6 Å². The van der Waals surface area contributed by atoms with Gasteiger partial charge < -0.3 is 29.2 Å². The lowest BCUT2D eigenvalue weighted by Crippen LogP contribution is -2.59. The first-order chi connectivity index (χ1) is 23.1. The van der Waals surface area contributed by atoms with Crippen LogP contribution in [0.3, 0.4) is 0 Å². The van der Waals surface area contributed by atoms with Gasteiger partial charge in [0.15, 0.2) is 23.0 Å². The van der Waals surface area contributed by atoms with E-state index in [1.165, 1.54) is 13.8 Å². The van der Waals surface area contributed by atoms with Crippen molar-refractivity contribution in [3.63, 3.8) is 0 Å². The summed E-state index contributed by atoms with van der Waals surface area (Å²) in [4.78, 5) is 25.4. The minimum absolute atomic E-state index is 0.00987. The van der Waals surface area contributed by atoms with E-state index >= 15 is 0 Å². The molecule has 8 nitrogen and oxygen atoms in total. The van der Waals surface area contributed by atoms with Gasteiger partial charge >= 0.3 is 11.9 Å². The van der Waals surface area contributed by atoms with Crippen molar-refractivity contribution in [2.24, 2.45) is 23.2 Å². The summed E-state index contributed by atoms with van der Waals surface area (Å²) < 4.78 is 23.5. The van der Waals surface area contributed by atoms with E-state index in [-0.39, 0.29) is 53.0 Å². The van der Waals surface area contributed by atoms with Crippen LogP contribution in [0.25, 0.3) is 6.08 Å². The Hall–Kier alpha value is -4.46. The standard InChI is InChI=1S/C40H44O8/c1-22(41)47-28-18-31-29-21-38(46-4)34(43)16-26(29)14-25-10-11-32-30-20-35(44)37(45-3)17-27(30)15-33(36(19-28)48-23(2)42)40(32,39(25)31)13-12-24-8-6-5-7-9-24/h5-9,12-13,16-17,20-21,25,28,31-33,36,39,43-44H,10-11,14-15,18-19H2,1-4H3/t25-,28+,31-,32-,33+,36+,39+,40-/m0/s1. The highest BCUT2D eigenvalue weighted by molar-refractivity contribution is 5.67. The molecule has 7 rings (SSSR count). The lowest BCUT2D eigenvalue weighted by Gasteiger charge is -2.64. The third-order valence-electron chi connectivity index (χ3n) is 11.6. The Kier molecular flexibility index (Phi) is 8.38. The Bertz CT molecular complexity index is 1750. The number of aromatic hydroxyl groups is 2. The van der Waals surface area contributed by atoms with Crippen molar-refractivity contribution in [1.82, 2.24) is 0 Å². The highest BCUT2D eigenvalue weighted by Gasteiger charge is 2.63. The van der Waals surface area contributed by atoms with Crippen LogP contribution in [-0.4, -0.2) is 48.6 Å². The van der Waals surface area contributed by atoms with Gasteiger partial charge in [-0.05, 0) is 108 Å². The number of ether oxygens (including phenoxy) is 4. The Morgan fingerprint density at radius 2 is 1.50 bits per heavy atom. The molecule has 0 amide bonds. The summed E-state index contributed by atoms with van der Waals surface area (Å²) >= 11 is 0. The smallest absolute Gasteiger partial charge is 0.302 e. The SMILES string of the molecule is COc1cc2c(cc1O)[C@@H]1CC[C@H]3Cc4cc(O)c(OC)cc4[C@@H]4C[C@@H](OC(C)=O)C[C@@H](OC(C)=O)[C@@H](C2)[C@@]1(C=Cc1ccccc1)[C@H]34. The van der Waals surface area contributed by atoms with Gasteiger partial charge in [0.1, 0.15) is 12.2 Å². The first-order valence-corrected chi connectivity index (χ1v) is 17.0. The molecule has 0 radical (unpaired) electrons. The van der Waals surface area contributed by atoms with Crippen LogP contribution >= 0.6 is 0 Å². The minimum atomic E-state index is -0.529. The molecule has 0 heterocycles. The average molecular weight is 653 g/mol. The zero-order valence-electron chi connectivity index (χ0n) is 28.0. The van der Waals surface area contributed by atoms with Gasteiger partial charge in [0.25, 0.3) is 0 Å². The molecule has 0 unspecified atom stereocenters. The van der Waals surface area contributed by atoms with E-state index in [0.717, 1.165) is 47.1 Å². The number of methoxy groups -OCH3 is 2. The number of carbonyl (C=O) groups is 2. The summed E-state index contributed by atoms with van der Waals surface area (Å²) in [6, 6.07) is 17.9. The number of benzene rings is 3. The predicted molar refractivity (Wildman–Crippen MR) is 180 cm³/mol. The van der Waals surface area contributed by atoms with Crippen LogP contribution in [0.1, 0.15) is 79.2 Å². The highest BCUT2D eigenvalue weighted by Crippen LogP contribution is 2.69. The largest absolute Gasteiger partial charge is 0.504 e. The third kappa shape index (κ3) is 5.39. The number of rotatable bonds is 6. The van der Waals surface area contributed by atoms with Crippen LogP contribution in [0.4, 0.5) is 0 Å². The van der Waals surface area contributed by atoms with Crippen molar-refractivity contribution < 1.29 is 38.7 Å². The molecule has 0 bridgehead atoms. The summed E-state index contributed by atoms with van der Waals surface area (Å²) in [7, 11) is 3.12. The molecule has 0 saturated heterocycles. The molecule has 3 aromatic carbocycles. The number of allylic oxidation sites excluding steroid dienone is 1. The maximum Gasteiger partial charge on any atom is 0.302 e. The number of carbonyl (C=O) groups excluding carboxylic acids is 2. The topological polar surface area (TPSA) is 112 Å². The Morgan fingerprint density at radius 3 is 2.21 bits per heavy atom. The molecule has 8 heteroatoms. The van der Waals surface area contributed by atoms with Crippen LogP contribution in [0.5, 0.6) is 23.0 Å². The van der Waals surface area contributed by atoms with Gasteiger partial charge in [0, 0.05) is 31.6 Å². The molecule has 4 aliphatic rings. The molecule has 2 saturated carbocycles. The monoisotopic (exact) mass is 652 g/mol. The number of hydrogen-bond donors (Lipinski definition) is 2. The van der Waals surface area contributed by atoms with Gasteiger partial charge in [-0.3, -0.25) is 9.59 Å². The second kappa shape index (κ2) is 12.5. The molecule has 2 fully saturated rings. The van der Waals surface area contributed by atoms with Gasteiger partial charge in [0.05, 0.1) is 14.2 Å². The minimum Gasteiger partial charge on any atom is -0.504 e. The van der Waals surface area contributed by atoms with Crippen LogP contribution in [0, 0.1) is 23.2 Å². The molecule has 252 valence electrons. The second-order valence-corrected chi connectivity index (χ2v) is 14.1. The van der Waals surface area contributed by atoms with E-state index in [9.17, 15) is 19.8 Å². The lowest BCUT2D eigenvalue weighted by atomic mass is 9.40. The summed E-state index contributed by atoms with van der Waals surface area (Å²) in [5.74, 6) is 0.438. The molecule has 8 atom stereocenters. The van der Waals surface area contributed by atoms with E-state index in [1.54, 1.807) is 14.2 Å². The van der Waals surface area contributed by atoms with Crippen LogP contribution in [0.2, 0.25) is 0 Å². The van der Waals surface area contributed by atoms with Crippen molar-refractivity contribution >= 4 is 18.0 Å². The average Bonchev–Trinajstić information content (AvgIpc) is 3.05. The predicted octanol–water partition coefficient (Wildman–Crippen LogP) is 7.09. The first-order valence-electron chi connectivity index (χ1n) is 17.0. The highest BCUT2D eigenvalue weighted by atomic mass is 16.6. The Labute approximate surface area is 281 Å². The maximum absolute atomic E-state index is 12.9. The lowest BCUT2D eigenvalue weighted by molar-refractivity contribution is -0.169. The normalized spacial score (nSPS) is 30.1. The van der Waals surface area contributed by atoms with Crippen LogP contribution in [0.15, 0.2) is 60.7 Å². The zero-order valence-corrected chi connectivity index (χ0v) is 28.0. The number of phenols is 2. The number of hydrogen-bond acceptors (Lipinski definition) is 8. The molecule has 0 aliphatic heterocycles. The van der Waals surface area contributed by atoms with E-state index in [1.807, 2.05) is 42.5 Å². The molecule has 2 N–H and O–H groups in total. The number of esters is 2. The molecular weight excluding hydrogens is 608 g/mol. The van der Waals surface area contributed by atoms with Gasteiger partial charge in [-0.1, -0.05) is 42.5 Å². The van der Waals surface area contributed by atoms with E-state index in [4.69, 9.17) is 18.9 Å². The summed E-state index contributed by atoms with van der Waals surface area (Å²) in [6.45, 7) is 2.88. The van der Waals surface area contributed by atoms with E-state index in [0.29, 0.717) is 30.8 Å². The Morgan fingerprint density at radius 1 is 0.812 bits per heavy atom. The molecule has 0 aromatic heterocycles. The van der Waals surface area contributed by atoms with Gasteiger partial charge in [-0.15, -0.1) is 0 Å². The molecular formula is C40H44O8. The number of phenolic OH excluding ortho intramolecular Hbond substituents is 2. The van der Waals surface area contributed by atoms with Crippen molar-refractivity contribution in [3.8, 4) is 23.0 Å². The van der Waals surface area contributed by atoms with Crippen molar-refractivity contribution in [1.29, 1.82) is 0 Å². The molecule has 4 aliphatic carbocycles. The van der Waals surface area contributed by atoms with Crippen molar-refractivity contribution in [2.45, 2.75) is 76.4 Å². The van der Waals surface area contributed by atoms with Crippen molar-refractivity contribution in [2.75, 3.05) is 14.2 Å². The fourth-order valence-electron chi connectivity index (χ4n) is 10.1. The van der Waals surface area contributed by atoms with Crippen LogP contribution in [-0.2, 0) is 31.9 Å². The fourth-order valence-corrected chi connectivity index (χ4v) is 10.1. The number of fused-ring (bicyclic) bond motifs is 4. The third-order valence-corrected chi connectivity index (χ3v) is 11.6. The summed E-state index contributed by atoms with van der Waals surface area (Å²) in [6.07, 6.45) is 7.69. The molecule has 3 aromatic rings. The van der Waals surface area contributed by atoms with E-state index in [2.05, 4.69) is 24.3 Å². The fraction of sp³-hybridized carbons (Fsp3) is 0.450. The zero-order chi connectivity index (χ0) is 33.7. The molecule has 48 heavy (non-hydrogen) atoms. The first kappa shape index (κ1) is 32.1. The second-order valence-electron chi connectivity index (χ2n) is 14.1. The van der Waals surface area contributed by atoms with Crippen molar-refractivity contribution in [3.05, 3.63) is 88.5 Å². The maximum atomic E-state index is 12.9. The molecule has 0 spiro atoms. The van der Waals surface area contributed by atoms with Gasteiger partial charge in [-0.2, -0.15) is 0 Å². The quantitative estimate of drug-likeness (QED) is 0.272. The van der Waals surface area contributed by atoms with Gasteiger partial charge in [-0.25, -0.2) is 0 Å². The summed E-state index contributed by atoms with van der Waals surface area (Å²) in [5, 5.41) is 22.0. The summed E-state index contributed by atoms with van der Waals surface area (Å²) in [5.41, 5.74) is 4.95.